The summed E-state index contributed by atoms with van der Waals surface area (Å²) in [7, 11) is 0. The molecule has 2 atom stereocenters. The van der Waals surface area contributed by atoms with Crippen LogP contribution in [0.2, 0.25) is 0 Å². The van der Waals surface area contributed by atoms with Crippen LogP contribution in [0.15, 0.2) is 39.5 Å². The highest BCUT2D eigenvalue weighted by atomic mass is 16.7. The largest absolute Gasteiger partial charge is 0.508 e. The lowest BCUT2D eigenvalue weighted by Gasteiger charge is -2.24. The molecule has 12 heteroatoms. The van der Waals surface area contributed by atoms with Gasteiger partial charge in [-0.15, -0.1) is 0 Å². The average Bonchev–Trinajstić information content (AvgIpc) is 3.03. The number of carbonyl (C=O) groups is 2. The molecule has 2 saturated heterocycles. The lowest BCUT2D eigenvalue weighted by atomic mass is 10.1. The molecule has 2 aliphatic rings. The number of carbonyl (C=O) groups excluding carboxylic acids is 2. The van der Waals surface area contributed by atoms with Gasteiger partial charge in [0.1, 0.15) is 28.6 Å². The van der Waals surface area contributed by atoms with Crippen molar-refractivity contribution < 1.29 is 52.6 Å². The van der Waals surface area contributed by atoms with Crippen molar-refractivity contribution in [1.29, 1.82) is 0 Å². The zero-order chi connectivity index (χ0) is 33.6. The first-order valence-electron chi connectivity index (χ1n) is 15.5. The first-order valence-corrected chi connectivity index (χ1v) is 15.5. The minimum atomic E-state index is -0.588. The maximum atomic E-state index is 11.4. The Morgan fingerprint density at radius 2 is 1.37 bits per heavy atom. The number of phenolic OH excluding ortho intramolecular Hbond substituents is 1. The Balaban J connectivity index is 0.000000205. The molecule has 0 aliphatic carbocycles. The summed E-state index contributed by atoms with van der Waals surface area (Å²) in [5.41, 5.74) is 1.36. The molecule has 2 N–H and O–H groups in total. The van der Waals surface area contributed by atoms with Crippen molar-refractivity contribution in [2.45, 2.75) is 85.7 Å². The molecule has 0 spiro atoms. The van der Waals surface area contributed by atoms with Crippen LogP contribution in [0.25, 0.3) is 11.0 Å². The first kappa shape index (κ1) is 36.2. The van der Waals surface area contributed by atoms with Crippen LogP contribution in [0, 0.1) is 13.8 Å². The molecule has 12 nitrogen and oxygen atoms in total. The molecule has 2 unspecified atom stereocenters. The van der Waals surface area contributed by atoms with Gasteiger partial charge in [-0.3, -0.25) is 4.79 Å². The Morgan fingerprint density at radius 3 is 1.87 bits per heavy atom. The molecular formula is C34H44O12. The van der Waals surface area contributed by atoms with Crippen LogP contribution in [0.3, 0.4) is 0 Å². The zero-order valence-corrected chi connectivity index (χ0v) is 27.1. The van der Waals surface area contributed by atoms with E-state index < -0.39 is 11.8 Å². The number of ketones is 1. The maximum absolute atomic E-state index is 11.4. The van der Waals surface area contributed by atoms with Crippen molar-refractivity contribution in [1.82, 2.24) is 0 Å². The van der Waals surface area contributed by atoms with E-state index >= 15 is 0 Å². The molecule has 0 radical (unpaired) electrons. The van der Waals surface area contributed by atoms with Crippen molar-refractivity contribution in [3.8, 4) is 23.0 Å². The highest BCUT2D eigenvalue weighted by molar-refractivity contribution is 5.97. The number of hydrogen-bond donors (Lipinski definition) is 2. The van der Waals surface area contributed by atoms with Crippen LogP contribution in [0.4, 0.5) is 4.79 Å². The summed E-state index contributed by atoms with van der Waals surface area (Å²) in [4.78, 5) is 32.9. The van der Waals surface area contributed by atoms with Crippen molar-refractivity contribution in [2.75, 3.05) is 26.4 Å². The van der Waals surface area contributed by atoms with E-state index in [9.17, 15) is 24.6 Å². The molecule has 252 valence electrons. The lowest BCUT2D eigenvalue weighted by Crippen LogP contribution is -2.25. The van der Waals surface area contributed by atoms with Crippen molar-refractivity contribution in [3.05, 3.63) is 57.4 Å². The SMILES string of the molecule is CC(=O)c1ccc(OC2CCCCO2)c(C)c1O.CCOC(=O)OCC.Cc1c(OC2CCCCO2)ccc2c(O)cc(=O)oc12. The maximum Gasteiger partial charge on any atom is 0.508 e. The number of phenols is 1. The van der Waals surface area contributed by atoms with E-state index in [1.165, 1.54) is 6.92 Å². The summed E-state index contributed by atoms with van der Waals surface area (Å²) in [6.45, 7) is 10.6. The number of rotatable bonds is 7. The summed E-state index contributed by atoms with van der Waals surface area (Å²) in [5.74, 6) is 0.939. The molecule has 3 aromatic rings. The summed E-state index contributed by atoms with van der Waals surface area (Å²) in [6, 6.07) is 7.80. The van der Waals surface area contributed by atoms with Crippen molar-refractivity contribution >= 4 is 22.9 Å². The molecule has 2 aromatic carbocycles. The van der Waals surface area contributed by atoms with Gasteiger partial charge in [-0.1, -0.05) is 0 Å². The van der Waals surface area contributed by atoms with E-state index in [-0.39, 0.29) is 29.9 Å². The Bertz CT molecular complexity index is 1490. The van der Waals surface area contributed by atoms with Gasteiger partial charge < -0.3 is 43.1 Å². The van der Waals surface area contributed by atoms with Gasteiger partial charge in [-0.2, -0.15) is 0 Å². The fraction of sp³-hybridized carbons (Fsp3) is 0.500. The molecule has 46 heavy (non-hydrogen) atoms. The van der Waals surface area contributed by atoms with E-state index in [0.29, 0.717) is 65.6 Å². The van der Waals surface area contributed by atoms with Gasteiger partial charge in [-0.25, -0.2) is 9.59 Å². The Kier molecular flexibility index (Phi) is 14.2. The minimum Gasteiger partial charge on any atom is -0.507 e. The van der Waals surface area contributed by atoms with E-state index in [1.54, 1.807) is 52.0 Å². The second-order valence-corrected chi connectivity index (χ2v) is 10.6. The predicted octanol–water partition coefficient (Wildman–Crippen LogP) is 6.70. The predicted molar refractivity (Wildman–Crippen MR) is 169 cm³/mol. The summed E-state index contributed by atoms with van der Waals surface area (Å²) in [5, 5.41) is 20.2. The van der Waals surface area contributed by atoms with Gasteiger partial charge in [0.15, 0.2) is 18.4 Å². The Hall–Kier alpha value is -4.29. The highest BCUT2D eigenvalue weighted by Crippen LogP contribution is 2.33. The van der Waals surface area contributed by atoms with Gasteiger partial charge in [0, 0.05) is 24.0 Å². The summed E-state index contributed by atoms with van der Waals surface area (Å²) >= 11 is 0. The number of ether oxygens (including phenoxy) is 6. The fourth-order valence-corrected chi connectivity index (χ4v) is 4.72. The second kappa shape index (κ2) is 18.0. The molecule has 1 aromatic heterocycles. The number of aryl methyl sites for hydroxylation is 1. The van der Waals surface area contributed by atoms with Crippen LogP contribution in [0.5, 0.6) is 23.0 Å². The third-order valence-electron chi connectivity index (χ3n) is 7.17. The Morgan fingerprint density at radius 1 is 0.826 bits per heavy atom. The zero-order valence-electron chi connectivity index (χ0n) is 27.1. The van der Waals surface area contributed by atoms with Gasteiger partial charge in [0.25, 0.3) is 0 Å². The van der Waals surface area contributed by atoms with Crippen LogP contribution >= 0.6 is 0 Å². The van der Waals surface area contributed by atoms with Gasteiger partial charge in [0.2, 0.25) is 0 Å². The quantitative estimate of drug-likeness (QED) is 0.159. The van der Waals surface area contributed by atoms with Crippen LogP contribution in [0.1, 0.15) is 80.8 Å². The van der Waals surface area contributed by atoms with Gasteiger partial charge in [-0.05, 0) is 84.6 Å². The van der Waals surface area contributed by atoms with Crippen molar-refractivity contribution in [3.63, 3.8) is 0 Å². The third kappa shape index (κ3) is 10.4. The average molecular weight is 645 g/mol. The topological polar surface area (TPSA) is 160 Å². The summed E-state index contributed by atoms with van der Waals surface area (Å²) < 4.78 is 36.5. The van der Waals surface area contributed by atoms with E-state index in [1.807, 2.05) is 0 Å². The summed E-state index contributed by atoms with van der Waals surface area (Å²) in [6.07, 6.45) is 4.89. The first-order chi connectivity index (χ1) is 22.0. The minimum absolute atomic E-state index is 0.00388. The Labute approximate surface area is 268 Å². The smallest absolute Gasteiger partial charge is 0.507 e. The molecule has 3 heterocycles. The molecule has 0 bridgehead atoms. The number of benzene rings is 2. The molecule has 2 aliphatic heterocycles. The monoisotopic (exact) mass is 644 g/mol. The molecule has 2 fully saturated rings. The fourth-order valence-electron chi connectivity index (χ4n) is 4.72. The molecular weight excluding hydrogens is 600 g/mol. The van der Waals surface area contributed by atoms with Gasteiger partial charge in [0.05, 0.1) is 43.4 Å². The standard InChI is InChI=1S/C15H16O5.C14H18O4.C5H10O3/c1-9-12(19-14-4-2-3-7-18-14)6-5-10-11(16)8-13(17)20-15(9)10;1-9-12(18-13-5-3-4-8-17-13)7-6-11(10(2)15)14(9)16;1-3-7-5(6)8-4-2/h5-6,8,14,16H,2-4,7H2,1H3;6-7,13,16H,3-5,8H2,1-2H3;3-4H2,1-2H3. The molecule has 0 saturated carbocycles. The van der Waals surface area contributed by atoms with E-state index in [2.05, 4.69) is 9.47 Å². The number of fused-ring (bicyclic) bond motifs is 1. The van der Waals surface area contributed by atoms with E-state index in [0.717, 1.165) is 44.6 Å². The lowest BCUT2D eigenvalue weighted by molar-refractivity contribution is -0.106. The normalized spacial score (nSPS) is 17.4. The third-order valence-corrected chi connectivity index (χ3v) is 7.17. The van der Waals surface area contributed by atoms with Gasteiger partial charge >= 0.3 is 11.8 Å². The molecule has 5 rings (SSSR count). The molecule has 0 amide bonds. The number of aromatic hydroxyl groups is 2. The number of hydrogen-bond acceptors (Lipinski definition) is 12. The van der Waals surface area contributed by atoms with E-state index in [4.69, 9.17) is 23.4 Å². The van der Waals surface area contributed by atoms with Crippen LogP contribution in [-0.4, -0.2) is 61.2 Å². The van der Waals surface area contributed by atoms with Crippen LogP contribution in [-0.2, 0) is 18.9 Å². The number of Topliss-reactive ketones (excluding diaryl/α,β-unsaturated/α-hetero) is 1. The van der Waals surface area contributed by atoms with Crippen LogP contribution < -0.4 is 15.1 Å². The highest BCUT2D eigenvalue weighted by Gasteiger charge is 2.20. The second-order valence-electron chi connectivity index (χ2n) is 10.6. The van der Waals surface area contributed by atoms with Crippen molar-refractivity contribution in [2.24, 2.45) is 0 Å².